The number of nitrogens with two attached hydrogens (primary N) is 1. The smallest absolute Gasteiger partial charge is 0.0838 e. The molecule has 0 saturated heterocycles. The molecule has 1 saturated carbocycles. The van der Waals surface area contributed by atoms with Crippen LogP contribution >= 0.6 is 12.2 Å². The summed E-state index contributed by atoms with van der Waals surface area (Å²) in [6.07, 6.45) is 8.17. The molecule has 1 heterocycles. The molecule has 18 heavy (non-hydrogen) atoms. The van der Waals surface area contributed by atoms with Crippen molar-refractivity contribution < 1.29 is 4.74 Å². The second kappa shape index (κ2) is 5.76. The Hall–Kier alpha value is -1.00. The lowest BCUT2D eigenvalue weighted by Gasteiger charge is -2.43. The number of ether oxygens (including phenoxy) is 1. The zero-order valence-corrected chi connectivity index (χ0v) is 11.6. The van der Waals surface area contributed by atoms with E-state index in [0.29, 0.717) is 17.5 Å². The van der Waals surface area contributed by atoms with Crippen LogP contribution in [0.15, 0.2) is 24.5 Å². The maximum atomic E-state index is 6.10. The maximum Gasteiger partial charge on any atom is 0.0838 e. The first kappa shape index (κ1) is 13.4. The lowest BCUT2D eigenvalue weighted by atomic mass is 9.63. The van der Waals surface area contributed by atoms with Crippen molar-refractivity contribution >= 4 is 17.2 Å². The zero-order chi connectivity index (χ0) is 13.0. The minimum atomic E-state index is -0.238. The van der Waals surface area contributed by atoms with Gasteiger partial charge in [0, 0.05) is 19.5 Å². The van der Waals surface area contributed by atoms with Gasteiger partial charge in [0.25, 0.3) is 0 Å². The molecule has 1 aromatic rings. The van der Waals surface area contributed by atoms with Crippen molar-refractivity contribution in [3.8, 4) is 0 Å². The Morgan fingerprint density at radius 1 is 1.61 bits per heavy atom. The molecule has 1 aliphatic rings. The van der Waals surface area contributed by atoms with Crippen LogP contribution in [0.5, 0.6) is 0 Å². The first-order valence-electron chi connectivity index (χ1n) is 6.41. The van der Waals surface area contributed by atoms with Crippen LogP contribution < -0.4 is 5.73 Å². The van der Waals surface area contributed by atoms with Crippen LogP contribution in [0.1, 0.15) is 31.2 Å². The summed E-state index contributed by atoms with van der Waals surface area (Å²) in [6, 6.07) is 4.04. The van der Waals surface area contributed by atoms with Gasteiger partial charge in [0.15, 0.2) is 0 Å². The summed E-state index contributed by atoms with van der Waals surface area (Å²) in [4.78, 5) is 4.81. The van der Waals surface area contributed by atoms with E-state index in [1.165, 1.54) is 6.42 Å². The van der Waals surface area contributed by atoms with Gasteiger partial charge in [-0.25, -0.2) is 0 Å². The minimum Gasteiger partial charge on any atom is -0.393 e. The van der Waals surface area contributed by atoms with Crippen molar-refractivity contribution in [3.63, 3.8) is 0 Å². The average molecular weight is 264 g/mol. The highest BCUT2D eigenvalue weighted by atomic mass is 32.1. The average Bonchev–Trinajstić information content (AvgIpc) is 2.40. The largest absolute Gasteiger partial charge is 0.393 e. The van der Waals surface area contributed by atoms with Gasteiger partial charge >= 0.3 is 0 Å². The molecule has 0 radical (unpaired) electrons. The van der Waals surface area contributed by atoms with Crippen LogP contribution in [-0.2, 0) is 10.2 Å². The van der Waals surface area contributed by atoms with Gasteiger partial charge in [0.1, 0.15) is 0 Å². The molecule has 98 valence electrons. The monoisotopic (exact) mass is 264 g/mol. The van der Waals surface area contributed by atoms with Crippen LogP contribution in [-0.4, -0.2) is 23.7 Å². The van der Waals surface area contributed by atoms with E-state index < -0.39 is 0 Å². The summed E-state index contributed by atoms with van der Waals surface area (Å²) in [6.45, 7) is 0.701. The van der Waals surface area contributed by atoms with Crippen molar-refractivity contribution in [1.82, 2.24) is 4.98 Å². The number of hydrogen-bond acceptors (Lipinski definition) is 3. The zero-order valence-electron chi connectivity index (χ0n) is 10.8. The molecule has 2 N–H and O–H groups in total. The van der Waals surface area contributed by atoms with Gasteiger partial charge in [-0.05, 0) is 30.4 Å². The van der Waals surface area contributed by atoms with Gasteiger partial charge in [-0.2, -0.15) is 0 Å². The summed E-state index contributed by atoms with van der Waals surface area (Å²) in [5.74, 6) is 0.359. The number of thiocarbonyl (C=S) groups is 1. The molecule has 0 amide bonds. The molecule has 1 aliphatic carbocycles. The fraction of sp³-hybridized carbons (Fsp3) is 0.571. The van der Waals surface area contributed by atoms with E-state index in [4.69, 9.17) is 22.7 Å². The summed E-state index contributed by atoms with van der Waals surface area (Å²) in [5.41, 5.74) is 7.00. The second-order valence-electron chi connectivity index (χ2n) is 4.98. The fourth-order valence-corrected chi connectivity index (χ4v) is 3.53. The highest BCUT2D eigenvalue weighted by molar-refractivity contribution is 7.80. The van der Waals surface area contributed by atoms with E-state index >= 15 is 0 Å². The SMILES string of the molecule is COCC1CCCCC1(C(N)=S)c1cccnc1. The molecule has 4 heteroatoms. The van der Waals surface area contributed by atoms with Crippen LogP contribution in [0, 0.1) is 5.92 Å². The van der Waals surface area contributed by atoms with E-state index in [1.807, 2.05) is 12.3 Å². The van der Waals surface area contributed by atoms with Gasteiger partial charge < -0.3 is 10.5 Å². The van der Waals surface area contributed by atoms with Crippen molar-refractivity contribution in [3.05, 3.63) is 30.1 Å². The number of methoxy groups -OCH3 is 1. The molecule has 2 unspecified atom stereocenters. The van der Waals surface area contributed by atoms with E-state index in [-0.39, 0.29) is 5.41 Å². The Morgan fingerprint density at radius 2 is 2.44 bits per heavy atom. The van der Waals surface area contributed by atoms with Crippen LogP contribution in [0.3, 0.4) is 0 Å². The van der Waals surface area contributed by atoms with Gasteiger partial charge in [0.05, 0.1) is 17.0 Å². The Morgan fingerprint density at radius 3 is 3.06 bits per heavy atom. The van der Waals surface area contributed by atoms with E-state index in [0.717, 1.165) is 24.8 Å². The van der Waals surface area contributed by atoms with E-state index in [1.54, 1.807) is 13.3 Å². The molecule has 2 rings (SSSR count). The van der Waals surface area contributed by atoms with Gasteiger partial charge in [-0.1, -0.05) is 31.1 Å². The number of rotatable bonds is 4. The molecule has 0 aromatic carbocycles. The lowest BCUT2D eigenvalue weighted by Crippen LogP contribution is -2.49. The van der Waals surface area contributed by atoms with Crippen molar-refractivity contribution in [2.45, 2.75) is 31.1 Å². The first-order chi connectivity index (χ1) is 8.71. The van der Waals surface area contributed by atoms with Gasteiger partial charge in [-0.15, -0.1) is 0 Å². The van der Waals surface area contributed by atoms with Crippen molar-refractivity contribution in [1.29, 1.82) is 0 Å². The van der Waals surface area contributed by atoms with Crippen LogP contribution in [0.4, 0.5) is 0 Å². The summed E-state index contributed by atoms with van der Waals surface area (Å²) < 4.78 is 5.37. The molecule has 0 spiro atoms. The molecule has 1 fully saturated rings. The third-order valence-electron chi connectivity index (χ3n) is 4.05. The number of aromatic nitrogens is 1. The number of pyridine rings is 1. The molecule has 3 nitrogen and oxygen atoms in total. The highest BCUT2D eigenvalue weighted by Crippen LogP contribution is 2.44. The number of nitrogens with zero attached hydrogens (tertiary/aromatic N) is 1. The molecular formula is C14H20N2OS. The first-order valence-corrected chi connectivity index (χ1v) is 6.82. The maximum absolute atomic E-state index is 6.10. The normalized spacial score (nSPS) is 27.9. The Labute approximate surface area is 114 Å². The van der Waals surface area contributed by atoms with Crippen molar-refractivity contribution in [2.24, 2.45) is 11.7 Å². The molecule has 1 aromatic heterocycles. The topological polar surface area (TPSA) is 48.1 Å². The third kappa shape index (κ3) is 2.27. The highest BCUT2D eigenvalue weighted by Gasteiger charge is 2.44. The van der Waals surface area contributed by atoms with E-state index in [9.17, 15) is 0 Å². The van der Waals surface area contributed by atoms with Gasteiger partial charge in [0.2, 0.25) is 0 Å². The molecular weight excluding hydrogens is 244 g/mol. The molecule has 2 atom stereocenters. The van der Waals surface area contributed by atoms with Crippen molar-refractivity contribution in [2.75, 3.05) is 13.7 Å². The predicted octanol–water partition coefficient (Wildman–Crippen LogP) is 2.44. The summed E-state index contributed by atoms with van der Waals surface area (Å²) >= 11 is 5.40. The van der Waals surface area contributed by atoms with E-state index in [2.05, 4.69) is 11.1 Å². The Kier molecular flexibility index (Phi) is 4.30. The number of hydrogen-bond donors (Lipinski definition) is 1. The summed E-state index contributed by atoms with van der Waals surface area (Å²) in [7, 11) is 1.74. The fourth-order valence-electron chi connectivity index (χ4n) is 3.15. The molecule has 0 bridgehead atoms. The third-order valence-corrected chi connectivity index (χ3v) is 4.42. The standard InChI is InChI=1S/C14H20N2OS/c1-17-10-12-5-2-3-7-14(12,13(15)18)11-6-4-8-16-9-11/h4,6,8-9,12H,2-3,5,7,10H2,1H3,(H2,15,18). The second-order valence-corrected chi connectivity index (χ2v) is 5.42. The Bertz CT molecular complexity index is 408. The van der Waals surface area contributed by atoms with Crippen LogP contribution in [0.25, 0.3) is 0 Å². The quantitative estimate of drug-likeness (QED) is 0.849. The van der Waals surface area contributed by atoms with Crippen LogP contribution in [0.2, 0.25) is 0 Å². The predicted molar refractivity (Wildman–Crippen MR) is 76.5 cm³/mol. The minimum absolute atomic E-state index is 0.238. The molecule has 0 aliphatic heterocycles. The van der Waals surface area contributed by atoms with Gasteiger partial charge in [-0.3, -0.25) is 4.98 Å². The lowest BCUT2D eigenvalue weighted by molar-refractivity contribution is 0.100. The Balaban J connectivity index is 2.44. The summed E-state index contributed by atoms with van der Waals surface area (Å²) in [5, 5.41) is 0.